The van der Waals surface area contributed by atoms with Crippen molar-refractivity contribution in [2.75, 3.05) is 26.6 Å². The predicted molar refractivity (Wildman–Crippen MR) is 86.0 cm³/mol. The Morgan fingerprint density at radius 3 is 2.54 bits per heavy atom. The molecule has 1 heterocycles. The third-order valence-electron chi connectivity index (χ3n) is 3.34. The summed E-state index contributed by atoms with van der Waals surface area (Å²) in [5, 5.41) is 0. The summed E-state index contributed by atoms with van der Waals surface area (Å²) in [4.78, 5) is 35.1. The minimum atomic E-state index is -0.572. The monoisotopic (exact) mass is 354 g/mol. The minimum Gasteiger partial charge on any atom is -0.469 e. The van der Waals surface area contributed by atoms with Crippen molar-refractivity contribution in [3.05, 3.63) is 28.8 Å². The molecule has 1 unspecified atom stereocenters. The molecule has 0 N–H and O–H groups in total. The van der Waals surface area contributed by atoms with Gasteiger partial charge in [0.25, 0.3) is 0 Å². The molecule has 0 spiro atoms. The molecule has 1 saturated heterocycles. The van der Waals surface area contributed by atoms with E-state index in [1.54, 1.807) is 6.07 Å². The van der Waals surface area contributed by atoms with Gasteiger partial charge in [0.2, 0.25) is 0 Å². The highest BCUT2D eigenvalue weighted by Crippen LogP contribution is 2.40. The average Bonchev–Trinajstić information content (AvgIpc) is 3.08. The van der Waals surface area contributed by atoms with Crippen LogP contribution < -0.4 is 4.74 Å². The van der Waals surface area contributed by atoms with Crippen molar-refractivity contribution < 1.29 is 33.3 Å². The Labute approximate surface area is 143 Å². The van der Waals surface area contributed by atoms with Gasteiger partial charge in [0.05, 0.1) is 32.8 Å². The molecule has 0 saturated carbocycles. The highest BCUT2D eigenvalue weighted by molar-refractivity contribution is 7.99. The van der Waals surface area contributed by atoms with Crippen LogP contribution >= 0.6 is 11.8 Å². The lowest BCUT2D eigenvalue weighted by molar-refractivity contribution is -0.140. The lowest BCUT2D eigenvalue weighted by atomic mass is 10.00. The molecular formula is C16H18O7S. The molecule has 1 aromatic carbocycles. The molecule has 130 valence electrons. The van der Waals surface area contributed by atoms with Crippen LogP contribution in [-0.4, -0.2) is 44.5 Å². The Balaban J connectivity index is 2.58. The highest BCUT2D eigenvalue weighted by Gasteiger charge is 2.27. The van der Waals surface area contributed by atoms with E-state index < -0.39 is 17.9 Å². The van der Waals surface area contributed by atoms with Crippen molar-refractivity contribution in [1.82, 2.24) is 0 Å². The number of carbonyl (C=O) groups is 3. The molecule has 2 rings (SSSR count). The quantitative estimate of drug-likeness (QED) is 0.585. The third kappa shape index (κ3) is 4.27. The van der Waals surface area contributed by atoms with Crippen LogP contribution in [0.5, 0.6) is 5.75 Å². The fraction of sp³-hybridized carbons (Fsp3) is 0.438. The Bertz CT molecular complexity index is 650. The lowest BCUT2D eigenvalue weighted by Gasteiger charge is -2.18. The number of hydrogen-bond acceptors (Lipinski definition) is 8. The van der Waals surface area contributed by atoms with E-state index in [4.69, 9.17) is 18.9 Å². The van der Waals surface area contributed by atoms with Crippen molar-refractivity contribution in [3.8, 4) is 5.75 Å². The van der Waals surface area contributed by atoms with Gasteiger partial charge in [0.15, 0.2) is 0 Å². The third-order valence-corrected chi connectivity index (χ3v) is 4.44. The fourth-order valence-electron chi connectivity index (χ4n) is 2.30. The summed E-state index contributed by atoms with van der Waals surface area (Å²) in [6, 6.07) is 2.98. The Hall–Kier alpha value is -2.06. The van der Waals surface area contributed by atoms with Gasteiger partial charge in [-0.25, -0.2) is 4.79 Å². The average molecular weight is 354 g/mol. The zero-order chi connectivity index (χ0) is 17.7. The standard InChI is InChI=1S/C16H18O7S/c1-9(17)23-13-7-10(15(19)21-3)6-12(16-22-4-5-24-16)11(13)8-14(18)20-2/h6-7,16H,4-5,8H2,1-3H3. The number of thioether (sulfide) groups is 1. The Morgan fingerprint density at radius 1 is 1.25 bits per heavy atom. The number of carbonyl (C=O) groups excluding carboxylic acids is 3. The summed E-state index contributed by atoms with van der Waals surface area (Å²) in [5.74, 6) is -0.708. The largest absolute Gasteiger partial charge is 0.469 e. The van der Waals surface area contributed by atoms with Gasteiger partial charge in [-0.05, 0) is 17.7 Å². The molecular weight excluding hydrogens is 336 g/mol. The second-order valence-electron chi connectivity index (χ2n) is 4.95. The Kier molecular flexibility index (Phi) is 6.22. The molecule has 24 heavy (non-hydrogen) atoms. The van der Waals surface area contributed by atoms with Gasteiger partial charge in [-0.2, -0.15) is 0 Å². The molecule has 0 amide bonds. The minimum absolute atomic E-state index is 0.101. The lowest BCUT2D eigenvalue weighted by Crippen LogP contribution is -2.14. The van der Waals surface area contributed by atoms with Crippen LogP contribution in [0.1, 0.15) is 33.8 Å². The normalized spacial score (nSPS) is 16.5. The highest BCUT2D eigenvalue weighted by atomic mass is 32.2. The van der Waals surface area contributed by atoms with E-state index >= 15 is 0 Å². The first kappa shape index (κ1) is 18.3. The van der Waals surface area contributed by atoms with Crippen LogP contribution in [0, 0.1) is 0 Å². The zero-order valence-corrected chi connectivity index (χ0v) is 14.4. The maximum absolute atomic E-state index is 11.9. The molecule has 1 aliphatic rings. The molecule has 8 heteroatoms. The second kappa shape index (κ2) is 8.16. The first-order valence-corrected chi connectivity index (χ1v) is 8.24. The van der Waals surface area contributed by atoms with E-state index in [0.717, 1.165) is 5.75 Å². The van der Waals surface area contributed by atoms with Crippen molar-refractivity contribution >= 4 is 29.7 Å². The maximum atomic E-state index is 11.9. The summed E-state index contributed by atoms with van der Waals surface area (Å²) in [6.45, 7) is 1.80. The van der Waals surface area contributed by atoms with E-state index in [9.17, 15) is 14.4 Å². The van der Waals surface area contributed by atoms with Crippen LogP contribution in [0.4, 0.5) is 0 Å². The molecule has 0 bridgehead atoms. The van der Waals surface area contributed by atoms with Gasteiger partial charge in [-0.15, -0.1) is 11.8 Å². The number of rotatable bonds is 5. The summed E-state index contributed by atoms with van der Waals surface area (Å²) in [6.07, 6.45) is -0.101. The summed E-state index contributed by atoms with van der Waals surface area (Å²) < 4.78 is 20.3. The van der Waals surface area contributed by atoms with E-state index in [1.807, 2.05) is 0 Å². The molecule has 0 radical (unpaired) electrons. The van der Waals surface area contributed by atoms with E-state index in [2.05, 4.69) is 0 Å². The number of benzene rings is 1. The molecule has 1 aromatic rings. The number of esters is 3. The zero-order valence-electron chi connectivity index (χ0n) is 13.6. The molecule has 7 nitrogen and oxygen atoms in total. The second-order valence-corrected chi connectivity index (χ2v) is 6.12. The molecule has 1 aliphatic heterocycles. The number of methoxy groups -OCH3 is 2. The summed E-state index contributed by atoms with van der Waals surface area (Å²) >= 11 is 1.53. The van der Waals surface area contributed by atoms with Crippen molar-refractivity contribution in [1.29, 1.82) is 0 Å². The smallest absolute Gasteiger partial charge is 0.337 e. The van der Waals surface area contributed by atoms with Crippen LogP contribution in [-0.2, 0) is 30.2 Å². The molecule has 1 fully saturated rings. The topological polar surface area (TPSA) is 88.1 Å². The first-order valence-electron chi connectivity index (χ1n) is 7.19. The van der Waals surface area contributed by atoms with Gasteiger partial charge in [-0.1, -0.05) is 0 Å². The fourth-order valence-corrected chi connectivity index (χ4v) is 3.29. The van der Waals surface area contributed by atoms with Gasteiger partial charge in [0.1, 0.15) is 11.2 Å². The summed E-state index contributed by atoms with van der Waals surface area (Å²) in [7, 11) is 2.54. The van der Waals surface area contributed by atoms with E-state index in [1.165, 1.54) is 39.0 Å². The van der Waals surface area contributed by atoms with E-state index in [0.29, 0.717) is 17.7 Å². The summed E-state index contributed by atoms with van der Waals surface area (Å²) in [5.41, 5.74) is 0.920. The van der Waals surface area contributed by atoms with Crippen LogP contribution in [0.15, 0.2) is 12.1 Å². The maximum Gasteiger partial charge on any atom is 0.337 e. The Morgan fingerprint density at radius 2 is 2.00 bits per heavy atom. The molecule has 0 aliphatic carbocycles. The van der Waals surface area contributed by atoms with Crippen LogP contribution in [0.2, 0.25) is 0 Å². The van der Waals surface area contributed by atoms with Crippen molar-refractivity contribution in [3.63, 3.8) is 0 Å². The molecule has 1 atom stereocenters. The van der Waals surface area contributed by atoms with Gasteiger partial charge < -0.3 is 18.9 Å². The predicted octanol–water partition coefficient (Wildman–Crippen LogP) is 1.88. The van der Waals surface area contributed by atoms with Crippen molar-refractivity contribution in [2.24, 2.45) is 0 Å². The number of hydrogen-bond donors (Lipinski definition) is 0. The molecule has 0 aromatic heterocycles. The van der Waals surface area contributed by atoms with E-state index in [-0.39, 0.29) is 23.2 Å². The van der Waals surface area contributed by atoms with Crippen LogP contribution in [0.25, 0.3) is 0 Å². The van der Waals surface area contributed by atoms with Crippen LogP contribution in [0.3, 0.4) is 0 Å². The SMILES string of the molecule is COC(=O)Cc1c(OC(C)=O)cc(C(=O)OC)cc1C1OCCS1. The van der Waals surface area contributed by atoms with Gasteiger partial charge in [0, 0.05) is 18.2 Å². The van der Waals surface area contributed by atoms with Gasteiger partial charge in [-0.3, -0.25) is 9.59 Å². The van der Waals surface area contributed by atoms with Gasteiger partial charge >= 0.3 is 17.9 Å². The number of ether oxygens (including phenoxy) is 4. The van der Waals surface area contributed by atoms with Crippen molar-refractivity contribution in [2.45, 2.75) is 18.8 Å². The first-order chi connectivity index (χ1) is 11.5.